The number of benzene rings is 2. The van der Waals surface area contributed by atoms with Crippen molar-refractivity contribution in [3.8, 4) is 5.75 Å². The fourth-order valence-corrected chi connectivity index (χ4v) is 5.08. The maximum Gasteiger partial charge on any atom is 0.239 e. The molecule has 1 aromatic heterocycles. The number of methoxy groups -OCH3 is 1. The van der Waals surface area contributed by atoms with E-state index in [2.05, 4.69) is 4.90 Å². The molecule has 1 aliphatic rings. The fraction of sp³-hybridized carbons (Fsp3) is 0.308. The number of ketones is 1. The van der Waals surface area contributed by atoms with Crippen molar-refractivity contribution in [3.63, 3.8) is 0 Å². The van der Waals surface area contributed by atoms with Gasteiger partial charge in [0.25, 0.3) is 0 Å². The maximum atomic E-state index is 15.4. The number of carbonyl (C=O) groups excluding carboxylic acids is 1. The highest BCUT2D eigenvalue weighted by Crippen LogP contribution is 2.38. The number of carbonyl (C=O) groups is 1. The van der Waals surface area contributed by atoms with Crippen LogP contribution < -0.4 is 14.4 Å². The molecule has 0 aliphatic carbocycles. The predicted octanol–water partition coefficient (Wildman–Crippen LogP) is 4.38. The van der Waals surface area contributed by atoms with Gasteiger partial charge in [0.1, 0.15) is 16.5 Å². The molecule has 2 aromatic carbocycles. The van der Waals surface area contributed by atoms with E-state index in [1.54, 1.807) is 31.4 Å². The van der Waals surface area contributed by atoms with Crippen LogP contribution in [0.4, 0.5) is 10.1 Å². The summed E-state index contributed by atoms with van der Waals surface area (Å²) in [4.78, 5) is 17.7. The van der Waals surface area contributed by atoms with Crippen LogP contribution in [0.25, 0.3) is 17.0 Å². The minimum atomic E-state index is -0.369. The van der Waals surface area contributed by atoms with Crippen LogP contribution in [0.15, 0.2) is 53.6 Å². The maximum absolute atomic E-state index is 15.4. The number of hydrogen-bond donors (Lipinski definition) is 0. The van der Waals surface area contributed by atoms with Gasteiger partial charge in [0.2, 0.25) is 5.52 Å². The Balaban J connectivity index is 1.70. The average Bonchev–Trinajstić information content (AvgIpc) is 2.83. The average molecular weight is 482 g/mol. The Bertz CT molecular complexity index is 1220. The van der Waals surface area contributed by atoms with Gasteiger partial charge in [0.05, 0.1) is 23.7 Å². The third-order valence-electron chi connectivity index (χ3n) is 5.94. The first-order chi connectivity index (χ1) is 16.4. The minimum absolute atomic E-state index is 0.214. The third-order valence-corrected chi connectivity index (χ3v) is 6.90. The molecule has 6 nitrogen and oxygen atoms in total. The first-order valence-electron chi connectivity index (χ1n) is 11.2. The molecule has 0 unspecified atom stereocenters. The van der Waals surface area contributed by atoms with E-state index in [1.165, 1.54) is 30.1 Å². The number of ether oxygens (including phenoxy) is 1. The number of thioether (sulfide) groups is 1. The smallest absolute Gasteiger partial charge is 0.239 e. The summed E-state index contributed by atoms with van der Waals surface area (Å²) in [7, 11) is 3.64. The highest BCUT2D eigenvalue weighted by molar-refractivity contribution is 7.99. The number of hydrogen-bond acceptors (Lipinski definition) is 6. The van der Waals surface area contributed by atoms with Crippen LogP contribution in [-0.4, -0.2) is 56.8 Å². The zero-order valence-electron chi connectivity index (χ0n) is 19.6. The van der Waals surface area contributed by atoms with Crippen molar-refractivity contribution in [2.45, 2.75) is 11.8 Å². The van der Waals surface area contributed by atoms with Crippen LogP contribution in [0.1, 0.15) is 22.8 Å². The van der Waals surface area contributed by atoms with Crippen LogP contribution in [0, 0.1) is 11.0 Å². The molecule has 4 rings (SSSR count). The molecule has 0 bridgehead atoms. The van der Waals surface area contributed by atoms with Gasteiger partial charge in [-0.05, 0) is 48.7 Å². The number of aromatic nitrogens is 1. The number of nitrogens with zero attached hydrogens (tertiary/aromatic N) is 3. The molecule has 8 heteroatoms. The van der Waals surface area contributed by atoms with Crippen molar-refractivity contribution in [1.82, 2.24) is 4.90 Å². The molecule has 1 fully saturated rings. The molecule has 3 aromatic rings. The molecule has 0 radical (unpaired) electrons. The van der Waals surface area contributed by atoms with Crippen molar-refractivity contribution in [3.05, 3.63) is 70.8 Å². The molecule has 0 spiro atoms. The van der Waals surface area contributed by atoms with Crippen LogP contribution in [0.3, 0.4) is 0 Å². The monoisotopic (exact) mass is 481 g/mol. The molecule has 1 aliphatic heterocycles. The summed E-state index contributed by atoms with van der Waals surface area (Å²) in [6.45, 7) is 5.04. The number of anilines is 1. The summed E-state index contributed by atoms with van der Waals surface area (Å²) >= 11 is 1.45. The second kappa shape index (κ2) is 10.4. The Hall–Kier alpha value is -3.10. The number of piperazine rings is 1. The van der Waals surface area contributed by atoms with E-state index < -0.39 is 0 Å². The fourth-order valence-electron chi connectivity index (χ4n) is 4.08. The Labute approximate surface area is 203 Å². The second-order valence-corrected chi connectivity index (χ2v) is 9.50. The van der Waals surface area contributed by atoms with E-state index in [-0.39, 0.29) is 17.2 Å². The first kappa shape index (κ1) is 24.0. The zero-order chi connectivity index (χ0) is 24.2. The summed E-state index contributed by atoms with van der Waals surface area (Å²) in [5.74, 6) is 0.732. The molecule has 0 saturated carbocycles. The highest BCUT2D eigenvalue weighted by atomic mass is 32.2. The van der Waals surface area contributed by atoms with Crippen molar-refractivity contribution < 1.29 is 18.7 Å². The van der Waals surface area contributed by atoms with Crippen molar-refractivity contribution in [1.29, 1.82) is 0 Å². The zero-order valence-corrected chi connectivity index (χ0v) is 20.4. The normalized spacial score (nSPS) is 14.8. The van der Waals surface area contributed by atoms with Gasteiger partial charge in [0, 0.05) is 26.2 Å². The van der Waals surface area contributed by atoms with Gasteiger partial charge in [-0.3, -0.25) is 4.79 Å². The van der Waals surface area contributed by atoms with E-state index in [9.17, 15) is 10.0 Å². The molecule has 2 heterocycles. The molecule has 34 heavy (non-hydrogen) atoms. The molecule has 0 atom stereocenters. The van der Waals surface area contributed by atoms with Gasteiger partial charge in [-0.25, -0.2) is 4.39 Å². The number of fused-ring (bicyclic) bond motifs is 1. The van der Waals surface area contributed by atoms with Gasteiger partial charge >= 0.3 is 0 Å². The van der Waals surface area contributed by atoms with Crippen LogP contribution in [0.2, 0.25) is 0 Å². The van der Waals surface area contributed by atoms with Gasteiger partial charge < -0.3 is 19.7 Å². The van der Waals surface area contributed by atoms with E-state index in [1.807, 2.05) is 31.0 Å². The molecule has 0 N–H and O–H groups in total. The van der Waals surface area contributed by atoms with Crippen molar-refractivity contribution >= 4 is 40.2 Å². The summed E-state index contributed by atoms with van der Waals surface area (Å²) in [5, 5.41) is 13.5. The number of allylic oxidation sites excluding steroid dienone is 1. The topological polar surface area (TPSA) is 59.7 Å². The van der Waals surface area contributed by atoms with Crippen molar-refractivity contribution in [2.24, 2.45) is 0 Å². The molecular formula is C26H28FN3O3S. The lowest BCUT2D eigenvalue weighted by molar-refractivity contribution is -0.578. The molecule has 178 valence electrons. The number of likely N-dealkylation sites (N-methyl/N-ethyl adjacent to an activating group) is 1. The van der Waals surface area contributed by atoms with E-state index in [4.69, 9.17) is 4.74 Å². The predicted molar refractivity (Wildman–Crippen MR) is 135 cm³/mol. The van der Waals surface area contributed by atoms with Crippen LogP contribution in [0.5, 0.6) is 5.75 Å². The summed E-state index contributed by atoms with van der Waals surface area (Å²) in [6.07, 6.45) is 4.38. The van der Waals surface area contributed by atoms with Gasteiger partial charge in [-0.2, -0.15) is 4.73 Å². The lowest BCUT2D eigenvalue weighted by atomic mass is 10.1. The highest BCUT2D eigenvalue weighted by Gasteiger charge is 2.27. The third kappa shape index (κ3) is 5.03. The second-order valence-electron chi connectivity index (χ2n) is 8.22. The van der Waals surface area contributed by atoms with Crippen LogP contribution >= 0.6 is 11.8 Å². The van der Waals surface area contributed by atoms with E-state index in [0.29, 0.717) is 45.1 Å². The number of halogens is 1. The molecule has 0 amide bonds. The SMILES string of the molecule is CCSc1c(N2CCN(C)CC2)c(F)cc2cc(C(=O)C=Cc3ccc(OC)cc3)c[n+]([O-])c12. The lowest BCUT2D eigenvalue weighted by Crippen LogP contribution is -2.45. The van der Waals surface area contributed by atoms with E-state index >= 15 is 4.39 Å². The van der Waals surface area contributed by atoms with Crippen molar-refractivity contribution in [2.75, 3.05) is 51.0 Å². The van der Waals surface area contributed by atoms with Gasteiger partial charge in [-0.1, -0.05) is 25.1 Å². The standard InChI is InChI=1S/C26H28FN3O3S/c1-4-34-26-24-19(16-22(27)25(26)29-13-11-28(2)12-14-29)15-20(17-30(24)32)23(31)10-7-18-5-8-21(33-3)9-6-18/h5-10,15-17H,4,11-14H2,1-3H3. The minimum Gasteiger partial charge on any atom is -0.618 e. The number of pyridine rings is 1. The quantitative estimate of drug-likeness (QED) is 0.164. The van der Waals surface area contributed by atoms with Gasteiger partial charge in [0.15, 0.2) is 12.0 Å². The van der Waals surface area contributed by atoms with Gasteiger partial charge in [-0.15, -0.1) is 11.8 Å². The summed E-state index contributed by atoms with van der Waals surface area (Å²) < 4.78 is 21.2. The number of rotatable bonds is 7. The largest absolute Gasteiger partial charge is 0.618 e. The Morgan fingerprint density at radius 3 is 2.56 bits per heavy atom. The summed E-state index contributed by atoms with van der Waals surface area (Å²) in [6, 6.07) is 10.3. The lowest BCUT2D eigenvalue weighted by Gasteiger charge is -2.35. The summed E-state index contributed by atoms with van der Waals surface area (Å²) in [5.41, 5.74) is 1.93. The molecular weight excluding hydrogens is 453 g/mol. The van der Waals surface area contributed by atoms with E-state index in [0.717, 1.165) is 24.4 Å². The first-order valence-corrected chi connectivity index (χ1v) is 12.2. The Morgan fingerprint density at radius 2 is 1.91 bits per heavy atom. The van der Waals surface area contributed by atoms with Crippen LogP contribution in [-0.2, 0) is 0 Å². The Morgan fingerprint density at radius 1 is 1.21 bits per heavy atom. The Kier molecular flexibility index (Phi) is 7.38. The molecule has 1 saturated heterocycles.